The van der Waals surface area contributed by atoms with Crippen molar-refractivity contribution >= 4 is 29.9 Å². The molecule has 1 aliphatic carbocycles. The van der Waals surface area contributed by atoms with Crippen molar-refractivity contribution in [2.75, 3.05) is 5.32 Å². The van der Waals surface area contributed by atoms with Crippen molar-refractivity contribution in [3.05, 3.63) is 65.7 Å². The lowest BCUT2D eigenvalue weighted by molar-refractivity contribution is 0.0927. The number of halogens is 1. The predicted molar refractivity (Wildman–Crippen MR) is 106 cm³/mol. The first-order valence-corrected chi connectivity index (χ1v) is 8.65. The van der Waals surface area contributed by atoms with Crippen LogP contribution in [-0.4, -0.2) is 23.9 Å². The lowest BCUT2D eigenvalue weighted by Gasteiger charge is -2.27. The van der Waals surface area contributed by atoms with Gasteiger partial charge in [-0.15, -0.1) is 12.4 Å². The Morgan fingerprint density at radius 1 is 0.846 bits per heavy atom. The van der Waals surface area contributed by atoms with Gasteiger partial charge in [-0.3, -0.25) is 9.59 Å². The average Bonchev–Trinajstić information content (AvgIpc) is 2.64. The summed E-state index contributed by atoms with van der Waals surface area (Å²) in [5, 5.41) is 5.90. The first-order valence-electron chi connectivity index (χ1n) is 8.65. The quantitative estimate of drug-likeness (QED) is 0.768. The van der Waals surface area contributed by atoms with Crippen molar-refractivity contribution < 1.29 is 9.59 Å². The second-order valence-corrected chi connectivity index (χ2v) is 6.45. The molecule has 2 aromatic rings. The second kappa shape index (κ2) is 9.36. The number of rotatable bonds is 4. The fourth-order valence-electron chi connectivity index (χ4n) is 3.10. The van der Waals surface area contributed by atoms with Gasteiger partial charge in [0.2, 0.25) is 0 Å². The summed E-state index contributed by atoms with van der Waals surface area (Å²) in [5.41, 5.74) is 7.46. The number of hydrogen-bond donors (Lipinski definition) is 3. The van der Waals surface area contributed by atoms with Gasteiger partial charge in [0.1, 0.15) is 0 Å². The topological polar surface area (TPSA) is 84.2 Å². The smallest absolute Gasteiger partial charge is 0.255 e. The summed E-state index contributed by atoms with van der Waals surface area (Å²) in [6.07, 6.45) is 3.64. The molecule has 0 aromatic heterocycles. The Morgan fingerprint density at radius 2 is 1.46 bits per heavy atom. The highest BCUT2D eigenvalue weighted by molar-refractivity contribution is 6.09. The van der Waals surface area contributed by atoms with E-state index in [2.05, 4.69) is 10.6 Å². The Morgan fingerprint density at radius 3 is 2.15 bits per heavy atom. The molecule has 5 nitrogen and oxygen atoms in total. The molecule has 0 saturated heterocycles. The van der Waals surface area contributed by atoms with E-state index in [0.717, 1.165) is 25.7 Å². The van der Waals surface area contributed by atoms with Gasteiger partial charge in [0.15, 0.2) is 0 Å². The molecule has 26 heavy (non-hydrogen) atoms. The molecule has 1 saturated carbocycles. The Bertz CT molecular complexity index is 744. The molecule has 6 heteroatoms. The molecule has 4 N–H and O–H groups in total. The zero-order valence-electron chi connectivity index (χ0n) is 14.5. The van der Waals surface area contributed by atoms with E-state index in [1.165, 1.54) is 0 Å². The van der Waals surface area contributed by atoms with Crippen LogP contribution in [0.15, 0.2) is 54.6 Å². The second-order valence-electron chi connectivity index (χ2n) is 6.45. The summed E-state index contributed by atoms with van der Waals surface area (Å²) in [6.45, 7) is 0. The third-order valence-electron chi connectivity index (χ3n) is 4.56. The van der Waals surface area contributed by atoms with Gasteiger partial charge in [-0.1, -0.05) is 30.3 Å². The van der Waals surface area contributed by atoms with Crippen molar-refractivity contribution in [2.24, 2.45) is 5.73 Å². The summed E-state index contributed by atoms with van der Waals surface area (Å²) in [5.74, 6) is -0.395. The Kier molecular flexibility index (Phi) is 7.18. The van der Waals surface area contributed by atoms with E-state index >= 15 is 0 Å². The van der Waals surface area contributed by atoms with Crippen LogP contribution in [0.25, 0.3) is 0 Å². The lowest BCUT2D eigenvalue weighted by Crippen LogP contribution is -2.40. The first kappa shape index (κ1) is 19.9. The molecule has 1 aliphatic rings. The molecule has 2 amide bonds. The third-order valence-corrected chi connectivity index (χ3v) is 4.56. The zero-order chi connectivity index (χ0) is 17.6. The van der Waals surface area contributed by atoms with E-state index in [1.54, 1.807) is 48.5 Å². The fraction of sp³-hybridized carbons (Fsp3) is 0.300. The lowest BCUT2D eigenvalue weighted by atomic mass is 9.91. The largest absolute Gasteiger partial charge is 0.349 e. The van der Waals surface area contributed by atoms with Gasteiger partial charge in [-0.25, -0.2) is 0 Å². The maximum atomic E-state index is 12.6. The number of anilines is 1. The van der Waals surface area contributed by atoms with Crippen LogP contribution in [0.5, 0.6) is 0 Å². The van der Waals surface area contributed by atoms with Crippen LogP contribution in [-0.2, 0) is 0 Å². The molecule has 0 unspecified atom stereocenters. The van der Waals surface area contributed by atoms with Crippen molar-refractivity contribution in [1.29, 1.82) is 0 Å². The Balaban J connectivity index is 0.00000243. The van der Waals surface area contributed by atoms with E-state index in [4.69, 9.17) is 5.73 Å². The third kappa shape index (κ3) is 5.07. The molecule has 2 aromatic carbocycles. The van der Waals surface area contributed by atoms with Gasteiger partial charge in [-0.05, 0) is 49.9 Å². The van der Waals surface area contributed by atoms with Gasteiger partial charge < -0.3 is 16.4 Å². The number of carbonyl (C=O) groups is 2. The van der Waals surface area contributed by atoms with Gasteiger partial charge >= 0.3 is 0 Å². The maximum absolute atomic E-state index is 12.6. The van der Waals surface area contributed by atoms with Crippen LogP contribution < -0.4 is 16.4 Å². The minimum Gasteiger partial charge on any atom is -0.349 e. The molecule has 0 spiro atoms. The highest BCUT2D eigenvalue weighted by atomic mass is 35.5. The van der Waals surface area contributed by atoms with E-state index in [9.17, 15) is 9.59 Å². The zero-order valence-corrected chi connectivity index (χ0v) is 15.3. The highest BCUT2D eigenvalue weighted by Crippen LogP contribution is 2.20. The molecule has 0 bridgehead atoms. The van der Waals surface area contributed by atoms with Crippen LogP contribution in [0, 0.1) is 0 Å². The summed E-state index contributed by atoms with van der Waals surface area (Å²) in [6, 6.07) is 16.4. The van der Waals surface area contributed by atoms with E-state index in [1.807, 2.05) is 6.07 Å². The minimum atomic E-state index is -0.232. The van der Waals surface area contributed by atoms with E-state index < -0.39 is 0 Å². The van der Waals surface area contributed by atoms with Crippen LogP contribution in [0.2, 0.25) is 0 Å². The minimum absolute atomic E-state index is 0. The van der Waals surface area contributed by atoms with Crippen molar-refractivity contribution in [2.45, 2.75) is 37.8 Å². The maximum Gasteiger partial charge on any atom is 0.255 e. The summed E-state index contributed by atoms with van der Waals surface area (Å²) >= 11 is 0. The molecule has 138 valence electrons. The van der Waals surface area contributed by atoms with E-state index in [0.29, 0.717) is 16.8 Å². The number of benzene rings is 2. The monoisotopic (exact) mass is 373 g/mol. The molecule has 3 rings (SSSR count). The van der Waals surface area contributed by atoms with Gasteiger partial charge in [-0.2, -0.15) is 0 Å². The number of carbonyl (C=O) groups excluding carboxylic acids is 2. The van der Waals surface area contributed by atoms with Crippen LogP contribution in [0.4, 0.5) is 5.69 Å². The molecule has 0 aliphatic heterocycles. The molecular weight excluding hydrogens is 350 g/mol. The normalized spacial score (nSPS) is 19.1. The molecular formula is C20H24ClN3O2. The van der Waals surface area contributed by atoms with Crippen molar-refractivity contribution in [3.63, 3.8) is 0 Å². The number of para-hydroxylation sites is 1. The SMILES string of the molecule is Cl.NC1CCC(NC(=O)c2ccccc2NC(=O)c2ccccc2)CC1. The summed E-state index contributed by atoms with van der Waals surface area (Å²) in [4.78, 5) is 25.0. The highest BCUT2D eigenvalue weighted by Gasteiger charge is 2.22. The number of nitrogens with one attached hydrogen (secondary N) is 2. The van der Waals surface area contributed by atoms with Crippen molar-refractivity contribution in [3.8, 4) is 0 Å². The molecule has 0 radical (unpaired) electrons. The number of nitrogens with two attached hydrogens (primary N) is 1. The average molecular weight is 374 g/mol. The van der Waals surface area contributed by atoms with Crippen LogP contribution in [0.3, 0.4) is 0 Å². The fourth-order valence-corrected chi connectivity index (χ4v) is 3.10. The number of hydrogen-bond acceptors (Lipinski definition) is 3. The van der Waals surface area contributed by atoms with Gasteiger partial charge in [0, 0.05) is 17.6 Å². The Labute approximate surface area is 159 Å². The molecule has 0 atom stereocenters. The Hall–Kier alpha value is -2.37. The molecule has 0 heterocycles. The standard InChI is InChI=1S/C20H23N3O2.ClH/c21-15-10-12-16(13-11-15)22-20(25)17-8-4-5-9-18(17)23-19(24)14-6-2-1-3-7-14;/h1-9,15-16H,10-13,21H2,(H,22,25)(H,23,24);1H. The summed E-state index contributed by atoms with van der Waals surface area (Å²) in [7, 11) is 0. The number of amides is 2. The van der Waals surface area contributed by atoms with Crippen molar-refractivity contribution in [1.82, 2.24) is 5.32 Å². The van der Waals surface area contributed by atoms with Crippen LogP contribution >= 0.6 is 12.4 Å². The van der Waals surface area contributed by atoms with Crippen LogP contribution in [0.1, 0.15) is 46.4 Å². The van der Waals surface area contributed by atoms with E-state index in [-0.39, 0.29) is 36.3 Å². The first-order chi connectivity index (χ1) is 12.1. The summed E-state index contributed by atoms with van der Waals surface area (Å²) < 4.78 is 0. The predicted octanol–water partition coefficient (Wildman–Crippen LogP) is 3.36. The molecule has 1 fully saturated rings. The van der Waals surface area contributed by atoms with Gasteiger partial charge in [0.25, 0.3) is 11.8 Å². The van der Waals surface area contributed by atoms with Gasteiger partial charge in [0.05, 0.1) is 11.3 Å².